The number of carbonyl (C=O) groups excluding carboxylic acids is 2. The molecule has 3 amide bonds. The molecule has 0 bridgehead atoms. The van der Waals surface area contributed by atoms with Crippen molar-refractivity contribution >= 4 is 11.9 Å². The molecular weight excluding hydrogens is 294 g/mol. The molecule has 1 saturated heterocycles. The van der Waals surface area contributed by atoms with Crippen LogP contribution in [0.25, 0.3) is 0 Å². The molecule has 3 N–H and O–H groups in total. The van der Waals surface area contributed by atoms with E-state index in [1.165, 1.54) is 0 Å². The molecule has 23 heavy (non-hydrogen) atoms. The molecule has 2 rings (SSSR count). The Labute approximate surface area is 137 Å². The predicted octanol–water partition coefficient (Wildman–Crippen LogP) is 0.936. The van der Waals surface area contributed by atoms with Gasteiger partial charge in [-0.2, -0.15) is 5.10 Å². The van der Waals surface area contributed by atoms with Crippen molar-refractivity contribution in [3.8, 4) is 0 Å². The van der Waals surface area contributed by atoms with Gasteiger partial charge in [0.15, 0.2) is 0 Å². The van der Waals surface area contributed by atoms with Crippen molar-refractivity contribution in [2.24, 2.45) is 7.05 Å². The molecule has 7 heteroatoms. The fourth-order valence-corrected chi connectivity index (χ4v) is 2.97. The van der Waals surface area contributed by atoms with Crippen LogP contribution in [0.2, 0.25) is 0 Å². The standard InChI is InChI=1S/C16H27N5O2/c1-10(9-13-11(2)20-21(4)12(13)3)18-16(23)19-14-7-5-6-8-17-15(14)22/h10,14H,5-9H2,1-4H3,(H,17,22)(H2,18,19,23)/t10-,14+/m1/s1. The number of carbonyl (C=O) groups is 2. The molecule has 2 heterocycles. The summed E-state index contributed by atoms with van der Waals surface area (Å²) in [4.78, 5) is 24.0. The molecule has 7 nitrogen and oxygen atoms in total. The molecule has 0 radical (unpaired) electrons. The predicted molar refractivity (Wildman–Crippen MR) is 88.2 cm³/mol. The Morgan fingerprint density at radius 2 is 2.17 bits per heavy atom. The summed E-state index contributed by atoms with van der Waals surface area (Å²) in [6.07, 6.45) is 3.30. The highest BCUT2D eigenvalue weighted by Gasteiger charge is 2.23. The average Bonchev–Trinajstić information content (AvgIpc) is 2.65. The highest BCUT2D eigenvalue weighted by Crippen LogP contribution is 2.14. The van der Waals surface area contributed by atoms with Crippen LogP contribution in [0, 0.1) is 13.8 Å². The second kappa shape index (κ2) is 7.48. The van der Waals surface area contributed by atoms with Gasteiger partial charge in [-0.05, 0) is 52.0 Å². The third kappa shape index (κ3) is 4.46. The first-order valence-corrected chi connectivity index (χ1v) is 8.22. The maximum absolute atomic E-state index is 12.1. The average molecular weight is 321 g/mol. The molecular formula is C16H27N5O2. The van der Waals surface area contributed by atoms with E-state index in [1.807, 2.05) is 32.5 Å². The Morgan fingerprint density at radius 3 is 2.83 bits per heavy atom. The zero-order valence-electron chi connectivity index (χ0n) is 14.4. The minimum atomic E-state index is -0.438. The number of rotatable bonds is 4. The Hall–Kier alpha value is -2.05. The van der Waals surface area contributed by atoms with Crippen LogP contribution in [0.4, 0.5) is 4.79 Å². The molecule has 1 aromatic heterocycles. The van der Waals surface area contributed by atoms with E-state index in [0.29, 0.717) is 13.0 Å². The van der Waals surface area contributed by atoms with Gasteiger partial charge in [0.25, 0.3) is 0 Å². The molecule has 128 valence electrons. The van der Waals surface area contributed by atoms with E-state index < -0.39 is 6.04 Å². The van der Waals surface area contributed by atoms with Crippen LogP contribution < -0.4 is 16.0 Å². The lowest BCUT2D eigenvalue weighted by Crippen LogP contribution is -2.51. The number of hydrogen-bond donors (Lipinski definition) is 3. The molecule has 1 aliphatic heterocycles. The van der Waals surface area contributed by atoms with E-state index in [0.717, 1.165) is 36.2 Å². The summed E-state index contributed by atoms with van der Waals surface area (Å²) in [7, 11) is 1.92. The smallest absolute Gasteiger partial charge is 0.315 e. The lowest BCUT2D eigenvalue weighted by atomic mass is 10.1. The zero-order chi connectivity index (χ0) is 17.0. The SMILES string of the molecule is Cc1nn(C)c(C)c1C[C@@H](C)NC(=O)N[C@H]1CCCCNC1=O. The normalized spacial score (nSPS) is 19.7. The number of aryl methyl sites for hydroxylation is 2. The van der Waals surface area contributed by atoms with Gasteiger partial charge in [-0.1, -0.05) is 0 Å². The summed E-state index contributed by atoms with van der Waals surface area (Å²) in [6.45, 7) is 6.65. The summed E-state index contributed by atoms with van der Waals surface area (Å²) in [5.74, 6) is -0.0933. The van der Waals surface area contributed by atoms with Crippen LogP contribution in [-0.2, 0) is 18.3 Å². The van der Waals surface area contributed by atoms with Gasteiger partial charge >= 0.3 is 6.03 Å². The summed E-state index contributed by atoms with van der Waals surface area (Å²) in [5.41, 5.74) is 3.26. The van der Waals surface area contributed by atoms with Crippen molar-refractivity contribution in [1.82, 2.24) is 25.7 Å². The Kier molecular flexibility index (Phi) is 5.63. The minimum absolute atomic E-state index is 0.0366. The maximum atomic E-state index is 12.1. The van der Waals surface area contributed by atoms with Gasteiger partial charge in [0.2, 0.25) is 5.91 Å². The van der Waals surface area contributed by atoms with Gasteiger partial charge in [0.1, 0.15) is 6.04 Å². The monoisotopic (exact) mass is 321 g/mol. The van der Waals surface area contributed by atoms with E-state index in [1.54, 1.807) is 0 Å². The molecule has 1 fully saturated rings. The number of aromatic nitrogens is 2. The number of hydrogen-bond acceptors (Lipinski definition) is 3. The number of nitrogens with zero attached hydrogens (tertiary/aromatic N) is 2. The van der Waals surface area contributed by atoms with Crippen LogP contribution in [0.1, 0.15) is 43.1 Å². The van der Waals surface area contributed by atoms with Crippen LogP contribution >= 0.6 is 0 Å². The first kappa shape index (κ1) is 17.3. The lowest BCUT2D eigenvalue weighted by molar-refractivity contribution is -0.122. The first-order chi connectivity index (χ1) is 10.9. The van der Waals surface area contributed by atoms with Gasteiger partial charge in [-0.25, -0.2) is 4.79 Å². The summed E-state index contributed by atoms with van der Waals surface area (Å²) in [6, 6.07) is -0.768. The molecule has 0 unspecified atom stereocenters. The molecule has 0 aromatic carbocycles. The van der Waals surface area contributed by atoms with Crippen LogP contribution in [0.5, 0.6) is 0 Å². The highest BCUT2D eigenvalue weighted by atomic mass is 16.2. The maximum Gasteiger partial charge on any atom is 0.315 e. The van der Waals surface area contributed by atoms with Crippen molar-refractivity contribution in [2.75, 3.05) is 6.54 Å². The number of urea groups is 1. The summed E-state index contributed by atoms with van der Waals surface area (Å²) in [5, 5.41) is 12.9. The molecule has 0 aliphatic carbocycles. The van der Waals surface area contributed by atoms with Crippen LogP contribution in [0.15, 0.2) is 0 Å². The van der Waals surface area contributed by atoms with Crippen molar-refractivity contribution in [1.29, 1.82) is 0 Å². The van der Waals surface area contributed by atoms with Crippen LogP contribution in [0.3, 0.4) is 0 Å². The van der Waals surface area contributed by atoms with Crippen molar-refractivity contribution in [3.05, 3.63) is 17.0 Å². The Bertz CT molecular complexity index is 581. The van der Waals surface area contributed by atoms with Gasteiger partial charge < -0.3 is 16.0 Å². The second-order valence-electron chi connectivity index (χ2n) is 6.34. The fourth-order valence-electron chi connectivity index (χ4n) is 2.97. The van der Waals surface area contributed by atoms with Crippen molar-refractivity contribution in [3.63, 3.8) is 0 Å². The number of amides is 3. The molecule has 1 aliphatic rings. The third-order valence-corrected chi connectivity index (χ3v) is 4.39. The summed E-state index contributed by atoms with van der Waals surface area (Å²) < 4.78 is 1.85. The van der Waals surface area contributed by atoms with E-state index in [4.69, 9.17) is 0 Å². The van der Waals surface area contributed by atoms with Crippen molar-refractivity contribution in [2.45, 2.75) is 58.5 Å². The third-order valence-electron chi connectivity index (χ3n) is 4.39. The molecule has 0 spiro atoms. The van der Waals surface area contributed by atoms with E-state index in [2.05, 4.69) is 21.0 Å². The Balaban J connectivity index is 1.88. The van der Waals surface area contributed by atoms with Gasteiger partial charge in [0.05, 0.1) is 5.69 Å². The quantitative estimate of drug-likeness (QED) is 0.771. The lowest BCUT2D eigenvalue weighted by Gasteiger charge is -2.19. The van der Waals surface area contributed by atoms with E-state index in [-0.39, 0.29) is 18.0 Å². The molecule has 0 saturated carbocycles. The second-order valence-corrected chi connectivity index (χ2v) is 6.34. The van der Waals surface area contributed by atoms with Gasteiger partial charge in [-0.15, -0.1) is 0 Å². The number of nitrogens with one attached hydrogen (secondary N) is 3. The van der Waals surface area contributed by atoms with Crippen molar-refractivity contribution < 1.29 is 9.59 Å². The molecule has 1 aromatic rings. The fraction of sp³-hybridized carbons (Fsp3) is 0.688. The first-order valence-electron chi connectivity index (χ1n) is 8.22. The zero-order valence-corrected chi connectivity index (χ0v) is 14.4. The van der Waals surface area contributed by atoms with Gasteiger partial charge in [0, 0.05) is 25.3 Å². The Morgan fingerprint density at radius 1 is 1.43 bits per heavy atom. The van der Waals surface area contributed by atoms with Crippen LogP contribution in [-0.4, -0.2) is 40.3 Å². The largest absolute Gasteiger partial charge is 0.354 e. The molecule has 2 atom stereocenters. The topological polar surface area (TPSA) is 88.1 Å². The minimum Gasteiger partial charge on any atom is -0.354 e. The van der Waals surface area contributed by atoms with E-state index in [9.17, 15) is 9.59 Å². The summed E-state index contributed by atoms with van der Waals surface area (Å²) >= 11 is 0. The van der Waals surface area contributed by atoms with Gasteiger partial charge in [-0.3, -0.25) is 9.48 Å². The highest BCUT2D eigenvalue weighted by molar-refractivity contribution is 5.87. The van der Waals surface area contributed by atoms with E-state index >= 15 is 0 Å².